The average molecular weight is 171 g/mol. The van der Waals surface area contributed by atoms with Gasteiger partial charge in [-0.05, 0) is 19.3 Å². The summed E-state index contributed by atoms with van der Waals surface area (Å²) in [4.78, 5) is 12.4. The van der Waals surface area contributed by atoms with E-state index in [9.17, 15) is 4.79 Å². The molecule has 4 nitrogen and oxygen atoms in total. The fourth-order valence-corrected chi connectivity index (χ4v) is 2.24. The molecular formula is C8H13NO3. The average Bonchev–Trinajstić information content (AvgIpc) is 2.61. The van der Waals surface area contributed by atoms with Crippen LogP contribution in [0.1, 0.15) is 19.3 Å². The van der Waals surface area contributed by atoms with E-state index in [1.807, 2.05) is 0 Å². The van der Waals surface area contributed by atoms with E-state index in [0.717, 1.165) is 19.3 Å². The summed E-state index contributed by atoms with van der Waals surface area (Å²) < 4.78 is 5.26. The van der Waals surface area contributed by atoms with Crippen molar-refractivity contribution in [3.63, 3.8) is 0 Å². The molecule has 0 aliphatic carbocycles. The predicted molar refractivity (Wildman–Crippen MR) is 42.1 cm³/mol. The normalized spacial score (nSPS) is 34.8. The first-order chi connectivity index (χ1) is 5.75. The SMILES string of the molecule is O=C(O)N1CCCC12CCOC2. The Hall–Kier alpha value is -0.770. The molecule has 1 unspecified atom stereocenters. The Morgan fingerprint density at radius 1 is 1.50 bits per heavy atom. The van der Waals surface area contributed by atoms with Crippen LogP contribution in [0.2, 0.25) is 0 Å². The molecule has 0 aromatic carbocycles. The zero-order valence-electron chi connectivity index (χ0n) is 6.95. The van der Waals surface area contributed by atoms with E-state index in [2.05, 4.69) is 0 Å². The number of carbonyl (C=O) groups is 1. The summed E-state index contributed by atoms with van der Waals surface area (Å²) in [6.07, 6.45) is 2.03. The predicted octanol–water partition coefficient (Wildman–Crippen LogP) is 0.919. The van der Waals surface area contributed by atoms with Gasteiger partial charge in [-0.2, -0.15) is 0 Å². The van der Waals surface area contributed by atoms with Crippen molar-refractivity contribution in [1.29, 1.82) is 0 Å². The van der Waals surface area contributed by atoms with Gasteiger partial charge >= 0.3 is 6.09 Å². The summed E-state index contributed by atoms with van der Waals surface area (Å²) in [7, 11) is 0. The van der Waals surface area contributed by atoms with Crippen LogP contribution in [-0.4, -0.2) is 41.4 Å². The zero-order valence-corrected chi connectivity index (χ0v) is 6.95. The molecule has 2 rings (SSSR count). The molecular weight excluding hydrogens is 158 g/mol. The molecule has 0 saturated carbocycles. The first kappa shape index (κ1) is 7.86. The van der Waals surface area contributed by atoms with E-state index < -0.39 is 6.09 Å². The van der Waals surface area contributed by atoms with Gasteiger partial charge in [-0.1, -0.05) is 0 Å². The van der Waals surface area contributed by atoms with Crippen LogP contribution in [-0.2, 0) is 4.74 Å². The summed E-state index contributed by atoms with van der Waals surface area (Å²) in [5.74, 6) is 0. The van der Waals surface area contributed by atoms with Crippen LogP contribution in [0.15, 0.2) is 0 Å². The van der Waals surface area contributed by atoms with Crippen molar-refractivity contribution in [3.8, 4) is 0 Å². The molecule has 2 saturated heterocycles. The lowest BCUT2D eigenvalue weighted by atomic mass is 9.96. The minimum atomic E-state index is -0.794. The molecule has 1 amide bonds. The molecule has 0 bridgehead atoms. The number of likely N-dealkylation sites (tertiary alicyclic amines) is 1. The highest BCUT2D eigenvalue weighted by Crippen LogP contribution is 2.36. The summed E-state index contributed by atoms with van der Waals surface area (Å²) in [5, 5.41) is 8.91. The smallest absolute Gasteiger partial charge is 0.407 e. The van der Waals surface area contributed by atoms with Crippen LogP contribution in [0.25, 0.3) is 0 Å². The molecule has 1 N–H and O–H groups in total. The van der Waals surface area contributed by atoms with Gasteiger partial charge in [-0.3, -0.25) is 0 Å². The second kappa shape index (κ2) is 2.62. The van der Waals surface area contributed by atoms with Crippen molar-refractivity contribution < 1.29 is 14.6 Å². The maximum absolute atomic E-state index is 10.8. The van der Waals surface area contributed by atoms with Crippen LogP contribution < -0.4 is 0 Å². The third-order valence-electron chi connectivity index (χ3n) is 2.91. The first-order valence-electron chi connectivity index (χ1n) is 4.33. The van der Waals surface area contributed by atoms with Crippen LogP contribution >= 0.6 is 0 Å². The number of nitrogens with zero attached hydrogens (tertiary/aromatic N) is 1. The van der Waals surface area contributed by atoms with Gasteiger partial charge in [-0.15, -0.1) is 0 Å². The third-order valence-corrected chi connectivity index (χ3v) is 2.91. The fourth-order valence-electron chi connectivity index (χ4n) is 2.24. The van der Waals surface area contributed by atoms with Crippen LogP contribution in [0.4, 0.5) is 4.79 Å². The summed E-state index contributed by atoms with van der Waals surface area (Å²) in [6, 6.07) is 0. The minimum Gasteiger partial charge on any atom is -0.465 e. The van der Waals surface area contributed by atoms with Gasteiger partial charge in [-0.25, -0.2) is 4.79 Å². The van der Waals surface area contributed by atoms with Gasteiger partial charge in [0.05, 0.1) is 12.1 Å². The molecule has 2 aliphatic heterocycles. The van der Waals surface area contributed by atoms with Crippen LogP contribution in [0, 0.1) is 0 Å². The fraction of sp³-hybridized carbons (Fsp3) is 0.875. The van der Waals surface area contributed by atoms with Gasteiger partial charge < -0.3 is 14.7 Å². The van der Waals surface area contributed by atoms with Crippen LogP contribution in [0.5, 0.6) is 0 Å². The number of amides is 1. The van der Waals surface area contributed by atoms with Crippen molar-refractivity contribution in [2.45, 2.75) is 24.8 Å². The van der Waals surface area contributed by atoms with E-state index in [1.165, 1.54) is 0 Å². The lowest BCUT2D eigenvalue weighted by molar-refractivity contribution is 0.0865. The highest BCUT2D eigenvalue weighted by molar-refractivity contribution is 5.66. The van der Waals surface area contributed by atoms with Gasteiger partial charge in [0, 0.05) is 13.2 Å². The lowest BCUT2D eigenvalue weighted by Crippen LogP contribution is -2.47. The molecule has 1 atom stereocenters. The summed E-state index contributed by atoms with van der Waals surface area (Å²) in [5.41, 5.74) is -0.161. The Morgan fingerprint density at radius 3 is 2.92 bits per heavy atom. The van der Waals surface area contributed by atoms with Gasteiger partial charge in [0.2, 0.25) is 0 Å². The Bertz CT molecular complexity index is 193. The van der Waals surface area contributed by atoms with E-state index in [1.54, 1.807) is 4.90 Å². The highest BCUT2D eigenvalue weighted by atomic mass is 16.5. The maximum atomic E-state index is 10.8. The maximum Gasteiger partial charge on any atom is 0.407 e. The van der Waals surface area contributed by atoms with Crippen molar-refractivity contribution in [3.05, 3.63) is 0 Å². The zero-order chi connectivity index (χ0) is 8.60. The van der Waals surface area contributed by atoms with E-state index in [-0.39, 0.29) is 5.54 Å². The molecule has 12 heavy (non-hydrogen) atoms. The Morgan fingerprint density at radius 2 is 2.33 bits per heavy atom. The number of carboxylic acid groups (broad SMARTS) is 1. The standard InChI is InChI=1S/C8H13NO3/c10-7(11)9-4-1-2-8(9)3-5-12-6-8/h1-6H2,(H,10,11). The molecule has 0 aromatic rings. The second-order valence-electron chi connectivity index (χ2n) is 3.56. The molecule has 4 heteroatoms. The second-order valence-corrected chi connectivity index (χ2v) is 3.56. The first-order valence-corrected chi connectivity index (χ1v) is 4.33. The minimum absolute atomic E-state index is 0.161. The Balaban J connectivity index is 2.17. The van der Waals surface area contributed by atoms with E-state index in [0.29, 0.717) is 19.8 Å². The molecule has 2 fully saturated rings. The largest absolute Gasteiger partial charge is 0.465 e. The van der Waals surface area contributed by atoms with Gasteiger partial charge in [0.15, 0.2) is 0 Å². The number of rotatable bonds is 0. The van der Waals surface area contributed by atoms with Gasteiger partial charge in [0.1, 0.15) is 0 Å². The topological polar surface area (TPSA) is 49.8 Å². The molecule has 2 aliphatic rings. The highest BCUT2D eigenvalue weighted by Gasteiger charge is 2.46. The van der Waals surface area contributed by atoms with Crippen LogP contribution in [0.3, 0.4) is 0 Å². The van der Waals surface area contributed by atoms with Crippen molar-refractivity contribution in [2.24, 2.45) is 0 Å². The van der Waals surface area contributed by atoms with Gasteiger partial charge in [0.25, 0.3) is 0 Å². The third kappa shape index (κ3) is 0.982. The van der Waals surface area contributed by atoms with E-state index >= 15 is 0 Å². The summed E-state index contributed by atoms with van der Waals surface area (Å²) >= 11 is 0. The number of ether oxygens (including phenoxy) is 1. The molecule has 2 heterocycles. The number of hydrogen-bond donors (Lipinski definition) is 1. The molecule has 0 radical (unpaired) electrons. The Kier molecular flexibility index (Phi) is 1.72. The molecule has 1 spiro atoms. The Labute approximate surface area is 71.1 Å². The monoisotopic (exact) mass is 171 g/mol. The lowest BCUT2D eigenvalue weighted by Gasteiger charge is -2.30. The molecule has 68 valence electrons. The van der Waals surface area contributed by atoms with E-state index in [4.69, 9.17) is 9.84 Å². The quantitative estimate of drug-likeness (QED) is 0.589. The summed E-state index contributed by atoms with van der Waals surface area (Å²) in [6.45, 7) is 1.99. The molecule has 0 aromatic heterocycles. The van der Waals surface area contributed by atoms with Crippen molar-refractivity contribution in [1.82, 2.24) is 4.90 Å². The van der Waals surface area contributed by atoms with Crippen molar-refractivity contribution >= 4 is 6.09 Å². The number of hydrogen-bond acceptors (Lipinski definition) is 2. The van der Waals surface area contributed by atoms with Crippen molar-refractivity contribution in [2.75, 3.05) is 19.8 Å².